The summed E-state index contributed by atoms with van der Waals surface area (Å²) in [6.07, 6.45) is -0.0935. The van der Waals surface area contributed by atoms with Crippen molar-refractivity contribution >= 4 is 34.4 Å². The van der Waals surface area contributed by atoms with Crippen molar-refractivity contribution in [2.24, 2.45) is 5.92 Å². The number of phenols is 1. The van der Waals surface area contributed by atoms with E-state index in [2.05, 4.69) is 10.6 Å². The van der Waals surface area contributed by atoms with Crippen molar-refractivity contribution in [2.75, 3.05) is 5.32 Å². The molecule has 0 aliphatic heterocycles. The van der Waals surface area contributed by atoms with E-state index in [9.17, 15) is 19.5 Å². The highest BCUT2D eigenvalue weighted by molar-refractivity contribution is 6.00. The lowest BCUT2D eigenvalue weighted by molar-refractivity contribution is -0.147. The first-order valence-corrected chi connectivity index (χ1v) is 14.0. The molecule has 0 aliphatic rings. The highest BCUT2D eigenvalue weighted by Crippen LogP contribution is 2.33. The van der Waals surface area contributed by atoms with Crippen LogP contribution < -0.4 is 10.6 Å². The minimum Gasteiger partial charge on any atom is -0.508 e. The molecule has 3 rings (SSSR count). The summed E-state index contributed by atoms with van der Waals surface area (Å²) < 4.78 is 5.47. The number of carbonyl (C=O) groups is 3. The number of nitrogens with one attached hydrogen (secondary N) is 2. The molecule has 3 atom stereocenters. The van der Waals surface area contributed by atoms with Crippen molar-refractivity contribution in [3.63, 3.8) is 0 Å². The number of benzene rings is 3. The molecule has 0 saturated carbocycles. The summed E-state index contributed by atoms with van der Waals surface area (Å²) in [5, 5.41) is 17.7. The van der Waals surface area contributed by atoms with Gasteiger partial charge in [-0.1, -0.05) is 62.7 Å². The van der Waals surface area contributed by atoms with Crippen LogP contribution in [0.2, 0.25) is 0 Å². The summed E-state index contributed by atoms with van der Waals surface area (Å²) in [6.45, 7) is 14.6. The summed E-state index contributed by atoms with van der Waals surface area (Å²) in [4.78, 5) is 42.9. The molecule has 3 amide bonds. The van der Waals surface area contributed by atoms with E-state index in [1.54, 1.807) is 32.9 Å². The number of ether oxygens (including phenoxy) is 1. The molecule has 0 saturated heterocycles. The van der Waals surface area contributed by atoms with Crippen LogP contribution in [0, 0.1) is 5.92 Å². The van der Waals surface area contributed by atoms with Gasteiger partial charge in [-0.05, 0) is 88.1 Å². The van der Waals surface area contributed by atoms with Gasteiger partial charge in [0.05, 0.1) is 0 Å². The second kappa shape index (κ2) is 12.6. The highest BCUT2D eigenvalue weighted by atomic mass is 16.6. The van der Waals surface area contributed by atoms with Gasteiger partial charge in [0.1, 0.15) is 23.4 Å². The second-order valence-corrected chi connectivity index (χ2v) is 12.4. The average molecular weight is 562 g/mol. The number of nitrogens with zero attached hydrogens (tertiary/aromatic N) is 1. The van der Waals surface area contributed by atoms with Crippen LogP contribution in [0.25, 0.3) is 10.8 Å². The standard InChI is InChI=1S/C33H43N3O5/c1-9-21(2)27(35-31(40)41-33(6,7)8)30(39)36(32(3,4)5)28(23-15-18-26(37)19-16-23)29(38)34-25-17-14-22-12-10-11-13-24(22)20-25/h10-21,27-28,37H,9H2,1-8H3,(H,34,38)(H,35,40). The first kappa shape index (κ1) is 31.5. The summed E-state index contributed by atoms with van der Waals surface area (Å²) in [6, 6.07) is 17.7. The lowest BCUT2D eigenvalue weighted by atomic mass is 9.91. The fourth-order valence-electron chi connectivity index (χ4n) is 4.66. The summed E-state index contributed by atoms with van der Waals surface area (Å²) >= 11 is 0. The molecule has 3 aromatic rings. The van der Waals surface area contributed by atoms with E-state index in [1.165, 1.54) is 17.0 Å². The minimum atomic E-state index is -1.07. The third-order valence-corrected chi connectivity index (χ3v) is 6.84. The summed E-state index contributed by atoms with van der Waals surface area (Å²) in [5.41, 5.74) is -0.471. The Morgan fingerprint density at radius 3 is 2.07 bits per heavy atom. The van der Waals surface area contributed by atoms with Gasteiger partial charge in [0.15, 0.2) is 0 Å². The molecule has 0 heterocycles. The lowest BCUT2D eigenvalue weighted by Gasteiger charge is -2.43. The molecule has 3 N–H and O–H groups in total. The van der Waals surface area contributed by atoms with E-state index in [4.69, 9.17) is 4.74 Å². The van der Waals surface area contributed by atoms with Gasteiger partial charge < -0.3 is 25.4 Å². The molecule has 3 aromatic carbocycles. The maximum absolute atomic E-state index is 14.4. The average Bonchev–Trinajstić information content (AvgIpc) is 2.88. The number of phenolic OH excluding ortho intramolecular Hbond substituents is 1. The van der Waals surface area contributed by atoms with Crippen LogP contribution in [0.1, 0.15) is 73.4 Å². The molecule has 0 fully saturated rings. The number of aromatic hydroxyl groups is 1. The molecule has 8 heteroatoms. The van der Waals surface area contributed by atoms with Crippen LogP contribution in [-0.4, -0.2) is 45.1 Å². The topological polar surface area (TPSA) is 108 Å². The van der Waals surface area contributed by atoms with E-state index in [-0.39, 0.29) is 11.7 Å². The van der Waals surface area contributed by atoms with Crippen LogP contribution in [0.3, 0.4) is 0 Å². The Morgan fingerprint density at radius 2 is 1.51 bits per heavy atom. The molecular formula is C33H43N3O5. The van der Waals surface area contributed by atoms with Crippen LogP contribution in [0.5, 0.6) is 5.75 Å². The largest absolute Gasteiger partial charge is 0.508 e. The molecule has 0 aliphatic carbocycles. The van der Waals surface area contributed by atoms with E-state index < -0.39 is 41.1 Å². The Hall–Kier alpha value is -4.07. The molecule has 0 aromatic heterocycles. The third-order valence-electron chi connectivity index (χ3n) is 6.84. The van der Waals surface area contributed by atoms with Crippen molar-refractivity contribution in [3.8, 4) is 5.75 Å². The SMILES string of the molecule is CCC(C)C(NC(=O)OC(C)(C)C)C(=O)N(C(C(=O)Nc1ccc2ccccc2c1)c1ccc(O)cc1)C(C)(C)C. The number of fused-ring (bicyclic) bond motifs is 1. The second-order valence-electron chi connectivity index (χ2n) is 12.4. The Bertz CT molecular complexity index is 1370. The van der Waals surface area contributed by atoms with Gasteiger partial charge in [0, 0.05) is 11.2 Å². The Morgan fingerprint density at radius 1 is 0.902 bits per heavy atom. The Labute approximate surface area is 243 Å². The Balaban J connectivity index is 2.07. The van der Waals surface area contributed by atoms with Crippen LogP contribution in [-0.2, 0) is 14.3 Å². The van der Waals surface area contributed by atoms with Gasteiger partial charge in [-0.15, -0.1) is 0 Å². The third kappa shape index (κ3) is 8.22. The van der Waals surface area contributed by atoms with Gasteiger partial charge in [0.2, 0.25) is 5.91 Å². The van der Waals surface area contributed by atoms with Crippen LogP contribution >= 0.6 is 0 Å². The van der Waals surface area contributed by atoms with E-state index in [0.29, 0.717) is 17.7 Å². The maximum atomic E-state index is 14.4. The molecule has 8 nitrogen and oxygen atoms in total. The van der Waals surface area contributed by atoms with Gasteiger partial charge in [-0.25, -0.2) is 4.79 Å². The maximum Gasteiger partial charge on any atom is 0.408 e. The summed E-state index contributed by atoms with van der Waals surface area (Å²) in [7, 11) is 0. The highest BCUT2D eigenvalue weighted by Gasteiger charge is 2.43. The molecular weight excluding hydrogens is 518 g/mol. The quantitative estimate of drug-likeness (QED) is 0.281. The number of alkyl carbamates (subject to hydrolysis) is 1. The zero-order chi connectivity index (χ0) is 30.5. The molecule has 0 bridgehead atoms. The summed E-state index contributed by atoms with van der Waals surface area (Å²) in [5.74, 6) is -1.04. The monoisotopic (exact) mass is 561 g/mol. The fourth-order valence-corrected chi connectivity index (χ4v) is 4.66. The molecule has 3 unspecified atom stereocenters. The number of anilines is 1. The Kier molecular flexibility index (Phi) is 9.69. The predicted octanol–water partition coefficient (Wildman–Crippen LogP) is 6.79. The van der Waals surface area contributed by atoms with Gasteiger partial charge >= 0.3 is 6.09 Å². The van der Waals surface area contributed by atoms with Crippen molar-refractivity contribution < 1.29 is 24.2 Å². The van der Waals surface area contributed by atoms with E-state index in [0.717, 1.165) is 10.8 Å². The van der Waals surface area contributed by atoms with Crippen LogP contribution in [0.4, 0.5) is 10.5 Å². The van der Waals surface area contributed by atoms with Crippen molar-refractivity contribution in [1.82, 2.24) is 10.2 Å². The normalized spacial score (nSPS) is 14.0. The lowest BCUT2D eigenvalue weighted by Crippen LogP contribution is -2.59. The van der Waals surface area contributed by atoms with Crippen molar-refractivity contribution in [2.45, 2.75) is 85.0 Å². The first-order valence-electron chi connectivity index (χ1n) is 14.0. The minimum absolute atomic E-state index is 0.0418. The number of amides is 3. The van der Waals surface area contributed by atoms with Gasteiger partial charge in [0.25, 0.3) is 5.91 Å². The number of hydrogen-bond acceptors (Lipinski definition) is 5. The predicted molar refractivity (Wildman–Crippen MR) is 163 cm³/mol. The molecule has 220 valence electrons. The number of carbonyl (C=O) groups excluding carboxylic acids is 3. The zero-order valence-corrected chi connectivity index (χ0v) is 25.3. The smallest absolute Gasteiger partial charge is 0.408 e. The number of rotatable bonds is 8. The molecule has 0 radical (unpaired) electrons. The first-order chi connectivity index (χ1) is 19.1. The van der Waals surface area contributed by atoms with Crippen molar-refractivity contribution in [1.29, 1.82) is 0 Å². The van der Waals surface area contributed by atoms with Crippen LogP contribution in [0.15, 0.2) is 66.7 Å². The van der Waals surface area contributed by atoms with E-state index >= 15 is 0 Å². The van der Waals surface area contributed by atoms with Gasteiger partial charge in [-0.3, -0.25) is 9.59 Å². The van der Waals surface area contributed by atoms with Gasteiger partial charge in [-0.2, -0.15) is 0 Å². The van der Waals surface area contributed by atoms with Crippen molar-refractivity contribution in [3.05, 3.63) is 72.3 Å². The fraction of sp³-hybridized carbons (Fsp3) is 0.424. The molecule has 41 heavy (non-hydrogen) atoms. The molecule has 0 spiro atoms. The number of hydrogen-bond donors (Lipinski definition) is 3. The zero-order valence-electron chi connectivity index (χ0n) is 25.3. The van der Waals surface area contributed by atoms with E-state index in [1.807, 2.05) is 77.1 Å².